The van der Waals surface area contributed by atoms with Gasteiger partial charge in [-0.2, -0.15) is 0 Å². The zero-order valence-corrected chi connectivity index (χ0v) is 10.7. The molecule has 16 heavy (non-hydrogen) atoms. The van der Waals surface area contributed by atoms with E-state index in [1.165, 1.54) is 19.3 Å². The van der Waals surface area contributed by atoms with Crippen LogP contribution in [-0.2, 0) is 0 Å². The van der Waals surface area contributed by atoms with Gasteiger partial charge in [0.25, 0.3) is 0 Å². The molecule has 5 heteroatoms. The molecular weight excluding hydrogens is 269 g/mol. The van der Waals surface area contributed by atoms with Crippen LogP contribution in [0.15, 0.2) is 22.7 Å². The molecule has 1 saturated heterocycles. The van der Waals surface area contributed by atoms with Gasteiger partial charge in [0.2, 0.25) is 0 Å². The van der Waals surface area contributed by atoms with Crippen LogP contribution in [-0.4, -0.2) is 30.3 Å². The standard InChI is InChI=1S/C11H15BBrNO2/c13-11-8-9(4-5-10(11)12(15)16)14-6-2-1-3-7-14/h4-5,8,15-16H,1-3,6-7H2. The summed E-state index contributed by atoms with van der Waals surface area (Å²) < 4.78 is 0.755. The molecule has 0 radical (unpaired) electrons. The predicted octanol–water partition coefficient (Wildman–Crippen LogP) is 1.12. The fourth-order valence-corrected chi connectivity index (χ4v) is 2.65. The van der Waals surface area contributed by atoms with Gasteiger partial charge in [0.1, 0.15) is 0 Å². The monoisotopic (exact) mass is 283 g/mol. The number of hydrogen-bond acceptors (Lipinski definition) is 3. The van der Waals surface area contributed by atoms with E-state index in [4.69, 9.17) is 10.0 Å². The Bertz CT molecular complexity index is 367. The Balaban J connectivity index is 2.19. The van der Waals surface area contributed by atoms with Crippen LogP contribution >= 0.6 is 15.9 Å². The average molecular weight is 284 g/mol. The van der Waals surface area contributed by atoms with Crippen molar-refractivity contribution >= 4 is 34.2 Å². The molecule has 0 spiro atoms. The van der Waals surface area contributed by atoms with E-state index >= 15 is 0 Å². The highest BCUT2D eigenvalue weighted by molar-refractivity contribution is 9.10. The average Bonchev–Trinajstić information content (AvgIpc) is 2.29. The lowest BCUT2D eigenvalue weighted by Gasteiger charge is -2.29. The Morgan fingerprint density at radius 2 is 1.81 bits per heavy atom. The molecule has 3 nitrogen and oxygen atoms in total. The molecule has 1 aromatic carbocycles. The Morgan fingerprint density at radius 1 is 1.12 bits per heavy atom. The fourth-order valence-electron chi connectivity index (χ4n) is 2.07. The number of piperidine rings is 1. The SMILES string of the molecule is OB(O)c1ccc(N2CCCCC2)cc1Br. The zero-order chi connectivity index (χ0) is 11.5. The Hall–Kier alpha value is -0.515. The molecule has 0 saturated carbocycles. The summed E-state index contributed by atoms with van der Waals surface area (Å²) in [6.45, 7) is 2.18. The van der Waals surface area contributed by atoms with Crippen molar-refractivity contribution in [2.24, 2.45) is 0 Å². The van der Waals surface area contributed by atoms with Crippen molar-refractivity contribution < 1.29 is 10.0 Å². The lowest BCUT2D eigenvalue weighted by Crippen LogP contribution is -2.33. The summed E-state index contributed by atoms with van der Waals surface area (Å²) in [5, 5.41) is 18.2. The van der Waals surface area contributed by atoms with Gasteiger partial charge in [-0.05, 0) is 36.9 Å². The molecule has 0 aliphatic carbocycles. The second kappa shape index (κ2) is 5.21. The number of anilines is 1. The van der Waals surface area contributed by atoms with Crippen LogP contribution in [0.1, 0.15) is 19.3 Å². The van der Waals surface area contributed by atoms with Crippen LogP contribution < -0.4 is 10.4 Å². The molecule has 0 amide bonds. The summed E-state index contributed by atoms with van der Waals surface area (Å²) in [4.78, 5) is 2.34. The molecular formula is C11H15BBrNO2. The highest BCUT2D eigenvalue weighted by Gasteiger charge is 2.17. The zero-order valence-electron chi connectivity index (χ0n) is 9.06. The predicted molar refractivity (Wildman–Crippen MR) is 70.0 cm³/mol. The number of halogens is 1. The van der Waals surface area contributed by atoms with Gasteiger partial charge in [-0.25, -0.2) is 0 Å². The second-order valence-electron chi connectivity index (χ2n) is 4.13. The van der Waals surface area contributed by atoms with E-state index in [0.29, 0.717) is 5.46 Å². The summed E-state index contributed by atoms with van der Waals surface area (Å²) in [6.07, 6.45) is 3.79. The van der Waals surface area contributed by atoms with Gasteiger partial charge in [0.05, 0.1) is 0 Å². The van der Waals surface area contributed by atoms with E-state index in [1.54, 1.807) is 6.07 Å². The van der Waals surface area contributed by atoms with Crippen molar-refractivity contribution in [1.82, 2.24) is 0 Å². The maximum Gasteiger partial charge on any atom is 0.489 e. The first-order valence-electron chi connectivity index (χ1n) is 5.59. The lowest BCUT2D eigenvalue weighted by atomic mass is 9.80. The molecule has 1 aliphatic rings. The summed E-state index contributed by atoms with van der Waals surface area (Å²) in [6, 6.07) is 5.67. The van der Waals surface area contributed by atoms with E-state index in [2.05, 4.69) is 20.8 Å². The first kappa shape index (κ1) is 12.0. The molecule has 2 N–H and O–H groups in total. The van der Waals surface area contributed by atoms with Crippen LogP contribution in [0, 0.1) is 0 Å². The second-order valence-corrected chi connectivity index (χ2v) is 4.98. The van der Waals surface area contributed by atoms with Gasteiger partial charge in [-0.15, -0.1) is 0 Å². The summed E-state index contributed by atoms with van der Waals surface area (Å²) in [5.74, 6) is 0. The first-order chi connectivity index (χ1) is 7.68. The molecule has 0 unspecified atom stereocenters. The smallest absolute Gasteiger partial charge is 0.423 e. The van der Waals surface area contributed by atoms with Crippen molar-refractivity contribution in [3.8, 4) is 0 Å². The van der Waals surface area contributed by atoms with Crippen LogP contribution in [0.5, 0.6) is 0 Å². The minimum atomic E-state index is -1.41. The number of rotatable bonds is 2. The highest BCUT2D eigenvalue weighted by atomic mass is 79.9. The van der Waals surface area contributed by atoms with E-state index in [0.717, 1.165) is 23.2 Å². The van der Waals surface area contributed by atoms with Crippen LogP contribution in [0.3, 0.4) is 0 Å². The van der Waals surface area contributed by atoms with Crippen molar-refractivity contribution in [3.05, 3.63) is 22.7 Å². The van der Waals surface area contributed by atoms with Crippen LogP contribution in [0.4, 0.5) is 5.69 Å². The molecule has 1 heterocycles. The molecule has 1 aromatic rings. The molecule has 1 aliphatic heterocycles. The van der Waals surface area contributed by atoms with Crippen LogP contribution in [0.2, 0.25) is 0 Å². The van der Waals surface area contributed by atoms with Gasteiger partial charge in [-0.3, -0.25) is 0 Å². The molecule has 86 valence electrons. The maximum absolute atomic E-state index is 9.12. The van der Waals surface area contributed by atoms with E-state index in [-0.39, 0.29) is 0 Å². The lowest BCUT2D eigenvalue weighted by molar-refractivity contribution is 0.425. The maximum atomic E-state index is 9.12. The third-order valence-electron chi connectivity index (χ3n) is 2.98. The molecule has 0 atom stereocenters. The third kappa shape index (κ3) is 2.59. The van der Waals surface area contributed by atoms with Gasteiger partial charge >= 0.3 is 7.12 Å². The van der Waals surface area contributed by atoms with Gasteiger partial charge in [0.15, 0.2) is 0 Å². The number of nitrogens with zero attached hydrogens (tertiary/aromatic N) is 1. The number of hydrogen-bond donors (Lipinski definition) is 2. The minimum Gasteiger partial charge on any atom is -0.423 e. The summed E-state index contributed by atoms with van der Waals surface area (Å²) in [7, 11) is -1.41. The van der Waals surface area contributed by atoms with Crippen molar-refractivity contribution in [2.75, 3.05) is 18.0 Å². The van der Waals surface area contributed by atoms with Gasteiger partial charge in [0, 0.05) is 23.2 Å². The van der Waals surface area contributed by atoms with Gasteiger partial charge in [-0.1, -0.05) is 22.0 Å². The molecule has 1 fully saturated rings. The third-order valence-corrected chi connectivity index (χ3v) is 3.67. The largest absolute Gasteiger partial charge is 0.489 e. The van der Waals surface area contributed by atoms with Crippen molar-refractivity contribution in [1.29, 1.82) is 0 Å². The fraction of sp³-hybridized carbons (Fsp3) is 0.455. The number of benzene rings is 1. The van der Waals surface area contributed by atoms with Crippen molar-refractivity contribution in [3.63, 3.8) is 0 Å². The quantitative estimate of drug-likeness (QED) is 0.800. The van der Waals surface area contributed by atoms with E-state index < -0.39 is 7.12 Å². The molecule has 0 bridgehead atoms. The molecule has 0 aromatic heterocycles. The minimum absolute atomic E-state index is 0.515. The Morgan fingerprint density at radius 3 is 2.38 bits per heavy atom. The van der Waals surface area contributed by atoms with E-state index in [1.807, 2.05) is 12.1 Å². The highest BCUT2D eigenvalue weighted by Crippen LogP contribution is 2.22. The first-order valence-corrected chi connectivity index (χ1v) is 6.38. The molecule has 2 rings (SSSR count). The normalized spacial score (nSPS) is 16.3. The van der Waals surface area contributed by atoms with Crippen molar-refractivity contribution in [2.45, 2.75) is 19.3 Å². The van der Waals surface area contributed by atoms with Gasteiger partial charge < -0.3 is 14.9 Å². The summed E-state index contributed by atoms with van der Waals surface area (Å²) >= 11 is 3.37. The van der Waals surface area contributed by atoms with Crippen LogP contribution in [0.25, 0.3) is 0 Å². The van der Waals surface area contributed by atoms with E-state index in [9.17, 15) is 0 Å². The summed E-state index contributed by atoms with van der Waals surface area (Å²) in [5.41, 5.74) is 1.66. The topological polar surface area (TPSA) is 43.7 Å². The Kier molecular flexibility index (Phi) is 3.89. The Labute approximate surface area is 104 Å².